The topological polar surface area (TPSA) is 76.4 Å². The number of hydrogen-bond donors (Lipinski definition) is 0. The third-order valence-electron chi connectivity index (χ3n) is 6.71. The number of thiazole rings is 1. The summed E-state index contributed by atoms with van der Waals surface area (Å²) in [6, 6.07) is 6.85. The number of likely N-dealkylation sites (tertiary alicyclic amines) is 1. The van der Waals surface area contributed by atoms with Crippen LogP contribution in [0.1, 0.15) is 49.1 Å². The molecule has 2 aliphatic heterocycles. The first-order valence-corrected chi connectivity index (χ1v) is 12.8. The monoisotopic (exact) mass is 480 g/mol. The normalized spacial score (nSPS) is 16.6. The van der Waals surface area contributed by atoms with Gasteiger partial charge in [0, 0.05) is 37.0 Å². The summed E-state index contributed by atoms with van der Waals surface area (Å²) in [7, 11) is 3.63. The number of fused-ring (bicyclic) bond motifs is 3. The van der Waals surface area contributed by atoms with E-state index in [9.17, 15) is 4.79 Å². The molecule has 5 rings (SSSR count). The first-order chi connectivity index (χ1) is 16.4. The largest absolute Gasteiger partial charge is 0.492 e. The molecule has 8 nitrogen and oxygen atoms in total. The van der Waals surface area contributed by atoms with Crippen LogP contribution in [0.25, 0.3) is 22.1 Å². The lowest BCUT2D eigenvalue weighted by molar-refractivity contribution is -0.130. The highest BCUT2D eigenvalue weighted by atomic mass is 32.1. The molecule has 0 spiro atoms. The number of benzene rings is 1. The Labute approximate surface area is 204 Å². The minimum absolute atomic E-state index is 0.168. The third kappa shape index (κ3) is 4.46. The van der Waals surface area contributed by atoms with E-state index in [-0.39, 0.29) is 11.9 Å². The van der Waals surface area contributed by atoms with Gasteiger partial charge in [-0.1, -0.05) is 6.07 Å². The Morgan fingerprint density at radius 2 is 2.06 bits per heavy atom. The molecule has 0 N–H and O–H groups in total. The fraction of sp³-hybridized carbons (Fsp3) is 0.520. The molecular weight excluding hydrogens is 448 g/mol. The fourth-order valence-corrected chi connectivity index (χ4v) is 5.77. The number of likely N-dealkylation sites (N-methyl/N-ethyl adjacent to an activating group) is 1. The lowest BCUT2D eigenvalue weighted by Crippen LogP contribution is -2.40. The van der Waals surface area contributed by atoms with E-state index in [1.807, 2.05) is 18.8 Å². The van der Waals surface area contributed by atoms with Crippen LogP contribution in [0.15, 0.2) is 24.5 Å². The zero-order chi connectivity index (χ0) is 23.8. The highest BCUT2D eigenvalue weighted by molar-refractivity contribution is 7.15. The molecule has 0 atom stereocenters. The smallest absolute Gasteiger partial charge is 0.236 e. The Morgan fingerprint density at radius 1 is 1.26 bits per heavy atom. The van der Waals surface area contributed by atoms with Gasteiger partial charge in [-0.05, 0) is 63.4 Å². The van der Waals surface area contributed by atoms with Gasteiger partial charge in [0.15, 0.2) is 10.8 Å². The van der Waals surface area contributed by atoms with E-state index in [4.69, 9.17) is 9.72 Å². The summed E-state index contributed by atoms with van der Waals surface area (Å²) in [6.45, 7) is 7.24. The van der Waals surface area contributed by atoms with E-state index in [1.165, 1.54) is 10.4 Å². The Balaban J connectivity index is 1.36. The van der Waals surface area contributed by atoms with Crippen molar-refractivity contribution >= 4 is 17.2 Å². The average molecular weight is 481 g/mol. The molecule has 2 aliphatic rings. The number of nitrogens with zero attached hydrogens (tertiary/aromatic N) is 6. The molecule has 9 heteroatoms. The van der Waals surface area contributed by atoms with Crippen LogP contribution in [-0.4, -0.2) is 75.8 Å². The van der Waals surface area contributed by atoms with Gasteiger partial charge in [0.25, 0.3) is 0 Å². The Hall–Kier alpha value is -2.78. The quantitative estimate of drug-likeness (QED) is 0.552. The van der Waals surface area contributed by atoms with Crippen molar-refractivity contribution in [3.63, 3.8) is 0 Å². The van der Waals surface area contributed by atoms with E-state index in [1.54, 1.807) is 22.6 Å². The number of amides is 1. The Morgan fingerprint density at radius 3 is 2.79 bits per heavy atom. The predicted octanol–water partition coefficient (Wildman–Crippen LogP) is 3.85. The van der Waals surface area contributed by atoms with E-state index in [0.717, 1.165) is 60.2 Å². The van der Waals surface area contributed by atoms with Crippen LogP contribution in [0, 0.1) is 0 Å². The second kappa shape index (κ2) is 9.46. The molecule has 0 bridgehead atoms. The number of carbonyl (C=O) groups is 1. The number of hydrogen-bond acceptors (Lipinski definition) is 7. The molecule has 1 fully saturated rings. The minimum Gasteiger partial charge on any atom is -0.492 e. The van der Waals surface area contributed by atoms with Gasteiger partial charge in [-0.15, -0.1) is 11.3 Å². The van der Waals surface area contributed by atoms with Gasteiger partial charge in [-0.3, -0.25) is 9.69 Å². The second-order valence-electron chi connectivity index (χ2n) is 9.61. The summed E-state index contributed by atoms with van der Waals surface area (Å²) in [5.74, 6) is 2.40. The number of aromatic nitrogens is 4. The van der Waals surface area contributed by atoms with Crippen molar-refractivity contribution in [2.45, 2.75) is 45.1 Å². The summed E-state index contributed by atoms with van der Waals surface area (Å²) >= 11 is 1.69. The molecule has 0 radical (unpaired) electrons. The van der Waals surface area contributed by atoms with Crippen molar-refractivity contribution in [3.8, 4) is 27.8 Å². The van der Waals surface area contributed by atoms with Crippen molar-refractivity contribution in [1.82, 2.24) is 29.5 Å². The van der Waals surface area contributed by atoms with Gasteiger partial charge >= 0.3 is 0 Å². The van der Waals surface area contributed by atoms with E-state index in [2.05, 4.69) is 47.0 Å². The second-order valence-corrected chi connectivity index (χ2v) is 10.7. The van der Waals surface area contributed by atoms with Gasteiger partial charge in [0.1, 0.15) is 12.1 Å². The molecule has 1 saturated heterocycles. The van der Waals surface area contributed by atoms with E-state index in [0.29, 0.717) is 19.1 Å². The molecule has 2 aromatic heterocycles. The lowest BCUT2D eigenvalue weighted by atomic mass is 9.88. The summed E-state index contributed by atoms with van der Waals surface area (Å²) in [5, 5.41) is 5.29. The zero-order valence-corrected chi connectivity index (χ0v) is 21.1. The van der Waals surface area contributed by atoms with E-state index < -0.39 is 0 Å². The molecule has 4 heterocycles. The molecule has 180 valence electrons. The van der Waals surface area contributed by atoms with Crippen molar-refractivity contribution in [1.29, 1.82) is 0 Å². The third-order valence-corrected chi connectivity index (χ3v) is 7.83. The zero-order valence-electron chi connectivity index (χ0n) is 20.3. The van der Waals surface area contributed by atoms with Crippen molar-refractivity contribution in [3.05, 3.63) is 35.0 Å². The number of piperidine rings is 1. The maximum Gasteiger partial charge on any atom is 0.236 e. The van der Waals surface area contributed by atoms with Gasteiger partial charge in [-0.25, -0.2) is 14.6 Å². The van der Waals surface area contributed by atoms with Gasteiger partial charge < -0.3 is 9.64 Å². The molecule has 3 aromatic rings. The summed E-state index contributed by atoms with van der Waals surface area (Å²) in [6.07, 6.45) is 4.55. The molecule has 0 saturated carbocycles. The molecule has 1 aromatic carbocycles. The van der Waals surface area contributed by atoms with Crippen LogP contribution >= 0.6 is 11.3 Å². The minimum atomic E-state index is 0.168. The summed E-state index contributed by atoms with van der Waals surface area (Å²) < 4.78 is 8.11. The first-order valence-electron chi connectivity index (χ1n) is 12.0. The van der Waals surface area contributed by atoms with Gasteiger partial charge in [0.05, 0.1) is 18.8 Å². The highest BCUT2D eigenvalue weighted by Crippen LogP contribution is 2.42. The van der Waals surface area contributed by atoms with Gasteiger partial charge in [0.2, 0.25) is 5.91 Å². The van der Waals surface area contributed by atoms with E-state index >= 15 is 0 Å². The number of carbonyl (C=O) groups excluding carboxylic acids is 1. The number of ether oxygens (including phenoxy) is 1. The SMILES string of the molecule is CC(C)n1ncnc1-c1nc2c(s1)CCOc1cc(C3CCN(CC(=O)N(C)C)CC3)ccc1-2. The van der Waals surface area contributed by atoms with Crippen LogP contribution in [0.5, 0.6) is 5.75 Å². The van der Waals surface area contributed by atoms with Crippen molar-refractivity contribution in [2.24, 2.45) is 0 Å². The molecule has 0 aliphatic carbocycles. The molecule has 34 heavy (non-hydrogen) atoms. The average Bonchev–Trinajstić information content (AvgIpc) is 3.44. The maximum atomic E-state index is 12.0. The van der Waals surface area contributed by atoms with Crippen LogP contribution in [-0.2, 0) is 11.2 Å². The molecular formula is C25H32N6O2S. The van der Waals surface area contributed by atoms with Gasteiger partial charge in [-0.2, -0.15) is 5.10 Å². The first kappa shape index (κ1) is 23.0. The van der Waals surface area contributed by atoms with Crippen LogP contribution in [0.3, 0.4) is 0 Å². The summed E-state index contributed by atoms with van der Waals surface area (Å²) in [4.78, 5) is 26.7. The number of rotatable bonds is 5. The fourth-order valence-electron chi connectivity index (χ4n) is 4.73. The van der Waals surface area contributed by atoms with Crippen LogP contribution in [0.4, 0.5) is 0 Å². The highest BCUT2D eigenvalue weighted by Gasteiger charge is 2.26. The standard InChI is InChI=1S/C25H32N6O2S/c1-16(2)31-24(26-15-27-31)25-28-23-19-6-5-18(13-20(19)33-12-9-21(23)34-25)17-7-10-30(11-8-17)14-22(32)29(3)4/h5-6,13,15-17H,7-12,14H2,1-4H3. The lowest BCUT2D eigenvalue weighted by Gasteiger charge is -2.32. The molecule has 1 amide bonds. The van der Waals surface area contributed by atoms with Crippen molar-refractivity contribution < 1.29 is 9.53 Å². The van der Waals surface area contributed by atoms with Crippen molar-refractivity contribution in [2.75, 3.05) is 40.3 Å². The van der Waals surface area contributed by atoms with Crippen LogP contribution < -0.4 is 4.74 Å². The molecule has 0 unspecified atom stereocenters. The Bertz CT molecular complexity index is 1180. The summed E-state index contributed by atoms with van der Waals surface area (Å²) in [5.41, 5.74) is 3.38. The predicted molar refractivity (Wildman–Crippen MR) is 133 cm³/mol. The maximum absolute atomic E-state index is 12.0. The van der Waals surface area contributed by atoms with Crippen LogP contribution in [0.2, 0.25) is 0 Å². The Kier molecular flexibility index (Phi) is 6.40.